The van der Waals surface area contributed by atoms with Crippen molar-refractivity contribution in [3.63, 3.8) is 0 Å². The number of rotatable bonds is 5. The fourth-order valence-corrected chi connectivity index (χ4v) is 3.50. The lowest BCUT2D eigenvalue weighted by Gasteiger charge is -2.23. The van der Waals surface area contributed by atoms with E-state index in [1.54, 1.807) is 6.07 Å². The summed E-state index contributed by atoms with van der Waals surface area (Å²) in [6, 6.07) is 3.25. The highest BCUT2D eigenvalue weighted by molar-refractivity contribution is 9.09. The van der Waals surface area contributed by atoms with E-state index in [4.69, 9.17) is 0 Å². The van der Waals surface area contributed by atoms with Gasteiger partial charge in [0.2, 0.25) is 0 Å². The van der Waals surface area contributed by atoms with Crippen molar-refractivity contribution in [3.8, 4) is 0 Å². The van der Waals surface area contributed by atoms with Gasteiger partial charge in [-0.15, -0.1) is 0 Å². The van der Waals surface area contributed by atoms with Crippen molar-refractivity contribution in [1.29, 1.82) is 0 Å². The number of alkyl halides is 1. The van der Waals surface area contributed by atoms with Crippen LogP contribution >= 0.6 is 27.3 Å². The Labute approximate surface area is 123 Å². The molecule has 0 aliphatic carbocycles. The number of thiophene rings is 1. The van der Waals surface area contributed by atoms with Crippen molar-refractivity contribution in [2.75, 3.05) is 11.9 Å². The van der Waals surface area contributed by atoms with E-state index < -0.39 is 4.92 Å². The summed E-state index contributed by atoms with van der Waals surface area (Å²) in [5.41, 5.74) is 0. The number of nitro groups is 1. The Morgan fingerprint density at radius 2 is 2.37 bits per heavy atom. The van der Waals surface area contributed by atoms with Gasteiger partial charge < -0.3 is 4.90 Å². The maximum atomic E-state index is 12.4. The van der Waals surface area contributed by atoms with Gasteiger partial charge in [-0.05, 0) is 31.7 Å². The Balaban J connectivity index is 2.07. The predicted molar refractivity (Wildman–Crippen MR) is 78.1 cm³/mol. The minimum atomic E-state index is -0.451. The number of nitrogens with zero attached hydrogens (tertiary/aromatic N) is 2. The van der Waals surface area contributed by atoms with Crippen LogP contribution in [0.3, 0.4) is 0 Å². The summed E-state index contributed by atoms with van der Waals surface area (Å²) in [5.74, 6) is -0.0600. The summed E-state index contributed by atoms with van der Waals surface area (Å²) in [7, 11) is 0. The van der Waals surface area contributed by atoms with Crippen molar-refractivity contribution in [3.05, 3.63) is 27.1 Å². The molecular formula is C12H15BrN2O3S. The molecule has 1 unspecified atom stereocenters. The summed E-state index contributed by atoms with van der Waals surface area (Å²) < 4.78 is 0. The lowest BCUT2D eigenvalue weighted by atomic mass is 10.1. The first-order valence-electron chi connectivity index (χ1n) is 6.24. The molecule has 1 aromatic rings. The van der Waals surface area contributed by atoms with Gasteiger partial charge in [0.05, 0.1) is 9.80 Å². The molecule has 2 rings (SSSR count). The molecule has 0 N–H and O–H groups in total. The highest BCUT2D eigenvalue weighted by Crippen LogP contribution is 2.29. The average Bonchev–Trinajstić information content (AvgIpc) is 3.04. The quantitative estimate of drug-likeness (QED) is 0.466. The van der Waals surface area contributed by atoms with Crippen LogP contribution in [0.15, 0.2) is 12.1 Å². The first-order valence-corrected chi connectivity index (χ1v) is 8.18. The van der Waals surface area contributed by atoms with E-state index in [0.717, 1.165) is 48.9 Å². The van der Waals surface area contributed by atoms with Crippen molar-refractivity contribution in [2.24, 2.45) is 0 Å². The normalized spacial score (nSPS) is 18.8. The third-order valence-electron chi connectivity index (χ3n) is 3.29. The Kier molecular flexibility index (Phi) is 4.93. The zero-order valence-corrected chi connectivity index (χ0v) is 12.8. The van der Waals surface area contributed by atoms with Crippen molar-refractivity contribution >= 4 is 38.2 Å². The van der Waals surface area contributed by atoms with Crippen LogP contribution in [0.25, 0.3) is 0 Å². The van der Waals surface area contributed by atoms with Crippen LogP contribution in [0.4, 0.5) is 5.00 Å². The molecule has 1 amide bonds. The van der Waals surface area contributed by atoms with E-state index in [9.17, 15) is 14.9 Å². The summed E-state index contributed by atoms with van der Waals surface area (Å²) in [6.45, 7) is 0.761. The van der Waals surface area contributed by atoms with Crippen LogP contribution in [0, 0.1) is 10.1 Å². The van der Waals surface area contributed by atoms with Gasteiger partial charge in [0.15, 0.2) is 0 Å². The third-order valence-corrected chi connectivity index (χ3v) is 4.88. The molecule has 1 saturated heterocycles. The van der Waals surface area contributed by atoms with Crippen molar-refractivity contribution in [1.82, 2.24) is 4.90 Å². The molecule has 0 saturated carbocycles. The summed E-state index contributed by atoms with van der Waals surface area (Å²) in [4.78, 5) is 24.9. The first kappa shape index (κ1) is 14.5. The number of likely N-dealkylation sites (tertiary alicyclic amines) is 1. The second kappa shape index (κ2) is 6.47. The van der Waals surface area contributed by atoms with E-state index in [1.165, 1.54) is 6.07 Å². The number of carbonyl (C=O) groups is 1. The molecule has 5 nitrogen and oxygen atoms in total. The molecule has 7 heteroatoms. The highest BCUT2D eigenvalue weighted by atomic mass is 79.9. The topological polar surface area (TPSA) is 63.4 Å². The summed E-state index contributed by atoms with van der Waals surface area (Å²) in [5, 5.41) is 11.6. The lowest BCUT2D eigenvalue weighted by molar-refractivity contribution is -0.380. The molecule has 1 aliphatic heterocycles. The fourth-order valence-electron chi connectivity index (χ4n) is 2.40. The third kappa shape index (κ3) is 3.33. The molecule has 1 atom stereocenters. The van der Waals surface area contributed by atoms with Gasteiger partial charge in [-0.1, -0.05) is 27.3 Å². The van der Waals surface area contributed by atoms with Crippen LogP contribution in [0.1, 0.15) is 35.4 Å². The number of halogens is 1. The van der Waals surface area contributed by atoms with Crippen LogP contribution in [0.5, 0.6) is 0 Å². The maximum absolute atomic E-state index is 12.4. The molecule has 0 bridgehead atoms. The van der Waals surface area contributed by atoms with Gasteiger partial charge in [0.25, 0.3) is 5.91 Å². The Bertz CT molecular complexity index is 477. The van der Waals surface area contributed by atoms with Crippen LogP contribution < -0.4 is 0 Å². The average molecular weight is 347 g/mol. The molecule has 2 heterocycles. The van der Waals surface area contributed by atoms with E-state index in [1.807, 2.05) is 4.90 Å². The smallest absolute Gasteiger partial charge is 0.324 e. The van der Waals surface area contributed by atoms with Crippen molar-refractivity contribution < 1.29 is 9.72 Å². The molecule has 1 aromatic heterocycles. The molecule has 1 fully saturated rings. The van der Waals surface area contributed by atoms with Gasteiger partial charge >= 0.3 is 5.00 Å². The molecular weight excluding hydrogens is 332 g/mol. The number of carbonyl (C=O) groups excluding carboxylic acids is 1. The van der Waals surface area contributed by atoms with Crippen molar-refractivity contribution in [2.45, 2.75) is 31.7 Å². The van der Waals surface area contributed by atoms with E-state index in [-0.39, 0.29) is 17.0 Å². The van der Waals surface area contributed by atoms with Gasteiger partial charge in [-0.2, -0.15) is 0 Å². The standard InChI is InChI=1S/C12H15BrN2O3S/c13-7-1-3-9-4-2-8-14(9)12(16)10-5-6-11(19-10)15(17)18/h5-6,9H,1-4,7-8H2. The van der Waals surface area contributed by atoms with E-state index in [0.29, 0.717) is 4.88 Å². The minimum absolute atomic E-state index is 0.0274. The molecule has 19 heavy (non-hydrogen) atoms. The van der Waals surface area contributed by atoms with Crippen LogP contribution in [-0.4, -0.2) is 33.6 Å². The zero-order valence-electron chi connectivity index (χ0n) is 10.4. The first-order chi connectivity index (χ1) is 9.13. The van der Waals surface area contributed by atoms with Crippen LogP contribution in [0.2, 0.25) is 0 Å². The second-order valence-electron chi connectivity index (χ2n) is 4.52. The van der Waals surface area contributed by atoms with Gasteiger partial charge in [0.1, 0.15) is 0 Å². The van der Waals surface area contributed by atoms with Gasteiger partial charge in [-0.3, -0.25) is 14.9 Å². The number of amides is 1. The molecule has 0 aromatic carbocycles. The number of hydrogen-bond acceptors (Lipinski definition) is 4. The molecule has 0 radical (unpaired) electrons. The van der Waals surface area contributed by atoms with E-state index >= 15 is 0 Å². The SMILES string of the molecule is O=C(c1ccc([N+](=O)[O-])s1)N1CCCC1CCCBr. The fraction of sp³-hybridized carbons (Fsp3) is 0.583. The second-order valence-corrected chi connectivity index (χ2v) is 6.38. The molecule has 0 spiro atoms. The number of hydrogen-bond donors (Lipinski definition) is 0. The largest absolute Gasteiger partial charge is 0.335 e. The lowest BCUT2D eigenvalue weighted by Crippen LogP contribution is -2.35. The zero-order chi connectivity index (χ0) is 13.8. The molecule has 1 aliphatic rings. The highest BCUT2D eigenvalue weighted by Gasteiger charge is 2.30. The van der Waals surface area contributed by atoms with Gasteiger partial charge in [0, 0.05) is 24.0 Å². The van der Waals surface area contributed by atoms with Crippen LogP contribution in [-0.2, 0) is 0 Å². The maximum Gasteiger partial charge on any atom is 0.324 e. The molecule has 104 valence electrons. The Morgan fingerprint density at radius 1 is 1.58 bits per heavy atom. The predicted octanol–water partition coefficient (Wildman–Crippen LogP) is 3.44. The van der Waals surface area contributed by atoms with E-state index in [2.05, 4.69) is 15.9 Å². The minimum Gasteiger partial charge on any atom is -0.335 e. The Hall–Kier alpha value is -0.950. The monoisotopic (exact) mass is 346 g/mol. The summed E-state index contributed by atoms with van der Waals surface area (Å²) >= 11 is 4.36. The Morgan fingerprint density at radius 3 is 3.00 bits per heavy atom. The van der Waals surface area contributed by atoms with Gasteiger partial charge in [-0.25, -0.2) is 0 Å². The summed E-state index contributed by atoms with van der Waals surface area (Å²) in [6.07, 6.45) is 4.09.